The summed E-state index contributed by atoms with van der Waals surface area (Å²) in [4.78, 5) is 34.1. The number of aryl methyl sites for hydroxylation is 2. The summed E-state index contributed by atoms with van der Waals surface area (Å²) in [5, 5.41) is 0. The summed E-state index contributed by atoms with van der Waals surface area (Å²) in [5.41, 5.74) is -0.299. The SMILES string of the molecule is CCc1nccn1CCC(=O)N1CCC2(CCCN(CC3CC3)C2=O)C1. The number of nitrogens with zero attached hydrogens (tertiary/aromatic N) is 4. The molecular formula is C20H30N4O2. The molecule has 1 aromatic rings. The van der Waals surface area contributed by atoms with Gasteiger partial charge in [-0.1, -0.05) is 6.92 Å². The molecule has 6 heteroatoms. The minimum atomic E-state index is -0.299. The van der Waals surface area contributed by atoms with Gasteiger partial charge in [0.05, 0.1) is 5.41 Å². The summed E-state index contributed by atoms with van der Waals surface area (Å²) in [5.74, 6) is 2.24. The third kappa shape index (κ3) is 3.38. The molecule has 1 aromatic heterocycles. The van der Waals surface area contributed by atoms with E-state index in [1.54, 1.807) is 6.20 Å². The first-order valence-corrected chi connectivity index (χ1v) is 10.2. The number of rotatable bonds is 6. The Bertz CT molecular complexity index is 681. The number of likely N-dealkylation sites (tertiary alicyclic amines) is 2. The monoisotopic (exact) mass is 358 g/mol. The first-order valence-electron chi connectivity index (χ1n) is 10.2. The van der Waals surface area contributed by atoms with Gasteiger partial charge in [-0.15, -0.1) is 0 Å². The first kappa shape index (κ1) is 17.6. The Kier molecular flexibility index (Phi) is 4.76. The minimum absolute atomic E-state index is 0.171. The fraction of sp³-hybridized carbons (Fsp3) is 0.750. The Balaban J connectivity index is 1.34. The Hall–Kier alpha value is -1.85. The summed E-state index contributed by atoms with van der Waals surface area (Å²) in [7, 11) is 0. The topological polar surface area (TPSA) is 58.4 Å². The van der Waals surface area contributed by atoms with Crippen molar-refractivity contribution < 1.29 is 9.59 Å². The van der Waals surface area contributed by atoms with Crippen LogP contribution in [0.15, 0.2) is 12.4 Å². The Morgan fingerprint density at radius 3 is 2.92 bits per heavy atom. The van der Waals surface area contributed by atoms with Gasteiger partial charge >= 0.3 is 0 Å². The number of carbonyl (C=O) groups excluding carboxylic acids is 2. The molecule has 0 N–H and O–H groups in total. The highest BCUT2D eigenvalue weighted by atomic mass is 16.2. The average Bonchev–Trinajstić information content (AvgIpc) is 3.18. The maximum atomic E-state index is 13.1. The molecule has 1 spiro atoms. The lowest BCUT2D eigenvalue weighted by Gasteiger charge is -2.39. The van der Waals surface area contributed by atoms with Crippen LogP contribution in [0.1, 0.15) is 51.3 Å². The summed E-state index contributed by atoms with van der Waals surface area (Å²) >= 11 is 0. The quantitative estimate of drug-likeness (QED) is 0.782. The molecule has 3 heterocycles. The van der Waals surface area contributed by atoms with Crippen LogP contribution >= 0.6 is 0 Å². The Morgan fingerprint density at radius 2 is 2.15 bits per heavy atom. The molecular weight excluding hydrogens is 328 g/mol. The maximum Gasteiger partial charge on any atom is 0.230 e. The zero-order valence-corrected chi connectivity index (χ0v) is 15.8. The number of amides is 2. The highest BCUT2D eigenvalue weighted by molar-refractivity contribution is 5.86. The highest BCUT2D eigenvalue weighted by Crippen LogP contribution is 2.41. The van der Waals surface area contributed by atoms with Crippen molar-refractivity contribution in [2.75, 3.05) is 26.2 Å². The van der Waals surface area contributed by atoms with Gasteiger partial charge in [0, 0.05) is 58.0 Å². The highest BCUT2D eigenvalue weighted by Gasteiger charge is 2.49. The van der Waals surface area contributed by atoms with Gasteiger partial charge in [-0.05, 0) is 38.0 Å². The van der Waals surface area contributed by atoms with Crippen molar-refractivity contribution in [1.82, 2.24) is 19.4 Å². The molecule has 6 nitrogen and oxygen atoms in total. The average molecular weight is 358 g/mol. The van der Waals surface area contributed by atoms with Crippen LogP contribution in [-0.4, -0.2) is 57.3 Å². The number of aromatic nitrogens is 2. The normalized spacial score (nSPS) is 26.1. The number of piperidine rings is 1. The lowest BCUT2D eigenvalue weighted by molar-refractivity contribution is -0.146. The predicted octanol–water partition coefficient (Wildman–Crippen LogP) is 2.09. The van der Waals surface area contributed by atoms with E-state index in [0.717, 1.165) is 57.1 Å². The molecule has 2 amide bonds. The molecule has 26 heavy (non-hydrogen) atoms. The molecule has 1 saturated carbocycles. The van der Waals surface area contributed by atoms with E-state index >= 15 is 0 Å². The second-order valence-electron chi connectivity index (χ2n) is 8.28. The van der Waals surface area contributed by atoms with Gasteiger partial charge in [0.2, 0.25) is 11.8 Å². The van der Waals surface area contributed by atoms with E-state index in [2.05, 4.69) is 21.4 Å². The van der Waals surface area contributed by atoms with Gasteiger partial charge in [-0.2, -0.15) is 0 Å². The van der Waals surface area contributed by atoms with Gasteiger partial charge in [-0.3, -0.25) is 9.59 Å². The van der Waals surface area contributed by atoms with Crippen molar-refractivity contribution in [3.05, 3.63) is 18.2 Å². The molecule has 2 saturated heterocycles. The molecule has 2 aliphatic heterocycles. The summed E-state index contributed by atoms with van der Waals surface area (Å²) < 4.78 is 2.06. The molecule has 4 rings (SSSR count). The van der Waals surface area contributed by atoms with E-state index in [0.29, 0.717) is 25.4 Å². The largest absolute Gasteiger partial charge is 0.342 e. The number of carbonyl (C=O) groups is 2. The van der Waals surface area contributed by atoms with Gasteiger partial charge in [0.15, 0.2) is 0 Å². The maximum absolute atomic E-state index is 13.1. The van der Waals surface area contributed by atoms with Gasteiger partial charge in [0.25, 0.3) is 0 Å². The van der Waals surface area contributed by atoms with Crippen LogP contribution in [0, 0.1) is 11.3 Å². The fourth-order valence-corrected chi connectivity index (χ4v) is 4.63. The van der Waals surface area contributed by atoms with Gasteiger partial charge < -0.3 is 14.4 Å². The van der Waals surface area contributed by atoms with Crippen LogP contribution in [0.4, 0.5) is 0 Å². The van der Waals surface area contributed by atoms with Crippen molar-refractivity contribution in [1.29, 1.82) is 0 Å². The lowest BCUT2D eigenvalue weighted by atomic mass is 9.78. The number of hydrogen-bond donors (Lipinski definition) is 0. The first-order chi connectivity index (χ1) is 12.6. The summed E-state index contributed by atoms with van der Waals surface area (Å²) in [6.07, 6.45) is 10.5. The minimum Gasteiger partial charge on any atom is -0.342 e. The molecule has 1 unspecified atom stereocenters. The van der Waals surface area contributed by atoms with Crippen molar-refractivity contribution >= 4 is 11.8 Å². The zero-order valence-electron chi connectivity index (χ0n) is 15.8. The second kappa shape index (κ2) is 7.05. The number of hydrogen-bond acceptors (Lipinski definition) is 3. The van der Waals surface area contributed by atoms with E-state index in [1.807, 2.05) is 11.1 Å². The second-order valence-corrected chi connectivity index (χ2v) is 8.28. The molecule has 0 bridgehead atoms. The van der Waals surface area contributed by atoms with Crippen LogP contribution in [0.25, 0.3) is 0 Å². The van der Waals surface area contributed by atoms with Crippen LogP contribution in [0.3, 0.4) is 0 Å². The standard InChI is InChI=1S/C20H30N4O2/c1-2-17-21-9-13-22(17)11-6-18(25)24-12-8-20(15-24)7-3-10-23(19(20)26)14-16-4-5-16/h9,13,16H,2-8,10-12,14-15H2,1H3. The molecule has 3 fully saturated rings. The number of imidazole rings is 1. The zero-order chi connectivity index (χ0) is 18.1. The van der Waals surface area contributed by atoms with E-state index in [1.165, 1.54) is 12.8 Å². The molecule has 1 aliphatic carbocycles. The van der Waals surface area contributed by atoms with E-state index in [4.69, 9.17) is 0 Å². The smallest absolute Gasteiger partial charge is 0.230 e. The molecule has 142 valence electrons. The van der Waals surface area contributed by atoms with Crippen LogP contribution in [0.5, 0.6) is 0 Å². The van der Waals surface area contributed by atoms with Gasteiger partial charge in [0.1, 0.15) is 5.82 Å². The van der Waals surface area contributed by atoms with Crippen molar-refractivity contribution in [3.8, 4) is 0 Å². The van der Waals surface area contributed by atoms with E-state index in [-0.39, 0.29) is 11.3 Å². The van der Waals surface area contributed by atoms with Crippen LogP contribution in [0.2, 0.25) is 0 Å². The van der Waals surface area contributed by atoms with Crippen molar-refractivity contribution in [2.45, 2.75) is 58.4 Å². The van der Waals surface area contributed by atoms with E-state index in [9.17, 15) is 9.59 Å². The Morgan fingerprint density at radius 1 is 1.31 bits per heavy atom. The Labute approximate surface area is 155 Å². The van der Waals surface area contributed by atoms with Crippen LogP contribution < -0.4 is 0 Å². The summed E-state index contributed by atoms with van der Waals surface area (Å²) in [6, 6.07) is 0. The fourth-order valence-electron chi connectivity index (χ4n) is 4.63. The lowest BCUT2D eigenvalue weighted by Crippen LogP contribution is -2.51. The van der Waals surface area contributed by atoms with Crippen LogP contribution in [-0.2, 0) is 22.6 Å². The third-order valence-electron chi connectivity index (χ3n) is 6.39. The van der Waals surface area contributed by atoms with Crippen molar-refractivity contribution in [3.63, 3.8) is 0 Å². The predicted molar refractivity (Wildman–Crippen MR) is 98.4 cm³/mol. The van der Waals surface area contributed by atoms with E-state index < -0.39 is 0 Å². The summed E-state index contributed by atoms with van der Waals surface area (Å²) in [6.45, 7) is 5.95. The third-order valence-corrected chi connectivity index (χ3v) is 6.39. The molecule has 0 aromatic carbocycles. The van der Waals surface area contributed by atoms with Crippen molar-refractivity contribution in [2.24, 2.45) is 11.3 Å². The molecule has 0 radical (unpaired) electrons. The molecule has 3 aliphatic rings. The molecule has 1 atom stereocenters. The van der Waals surface area contributed by atoms with Gasteiger partial charge in [-0.25, -0.2) is 4.98 Å².